The highest BCUT2D eigenvalue weighted by molar-refractivity contribution is 5.77. The summed E-state index contributed by atoms with van der Waals surface area (Å²) in [7, 11) is 0. The average Bonchev–Trinajstić information content (AvgIpc) is 2.94. The highest BCUT2D eigenvalue weighted by Crippen LogP contribution is 2.18. The number of carbonyl (C=O) groups is 1. The lowest BCUT2D eigenvalue weighted by Gasteiger charge is -2.09. The fraction of sp³-hybridized carbons (Fsp3) is 0.200. The normalized spacial score (nSPS) is 10.6. The number of halogens is 1. The first-order chi connectivity index (χ1) is 12.6. The minimum atomic E-state index is -0.490. The monoisotopic (exact) mass is 353 g/mol. The van der Waals surface area contributed by atoms with Gasteiger partial charge in [0, 0.05) is 17.8 Å². The van der Waals surface area contributed by atoms with Gasteiger partial charge in [0.2, 0.25) is 0 Å². The minimum absolute atomic E-state index is 0.0620. The van der Waals surface area contributed by atoms with Crippen molar-refractivity contribution in [2.45, 2.75) is 20.4 Å². The van der Waals surface area contributed by atoms with E-state index in [1.807, 2.05) is 48.9 Å². The highest BCUT2D eigenvalue weighted by atomic mass is 19.1. The zero-order valence-electron chi connectivity index (χ0n) is 14.7. The van der Waals surface area contributed by atoms with Crippen LogP contribution in [0.15, 0.2) is 54.6 Å². The van der Waals surface area contributed by atoms with Crippen molar-refractivity contribution in [1.82, 2.24) is 15.1 Å². The van der Waals surface area contributed by atoms with Gasteiger partial charge in [-0.15, -0.1) is 0 Å². The molecule has 0 spiro atoms. The molecule has 1 amide bonds. The first kappa shape index (κ1) is 17.7. The molecule has 0 saturated heterocycles. The Labute approximate surface area is 151 Å². The van der Waals surface area contributed by atoms with Gasteiger partial charge in [0.25, 0.3) is 5.91 Å². The number of rotatable bonds is 6. The lowest BCUT2D eigenvalue weighted by molar-refractivity contribution is -0.123. The van der Waals surface area contributed by atoms with Crippen LogP contribution in [0, 0.1) is 19.7 Å². The van der Waals surface area contributed by atoms with Crippen molar-refractivity contribution in [3.8, 4) is 11.4 Å². The van der Waals surface area contributed by atoms with E-state index in [0.717, 1.165) is 22.6 Å². The van der Waals surface area contributed by atoms with Crippen LogP contribution in [-0.2, 0) is 11.3 Å². The summed E-state index contributed by atoms with van der Waals surface area (Å²) in [6, 6.07) is 15.8. The predicted molar refractivity (Wildman–Crippen MR) is 96.8 cm³/mol. The Hall–Kier alpha value is -3.15. The number of aromatic nitrogens is 2. The molecule has 3 aromatic rings. The van der Waals surface area contributed by atoms with Crippen LogP contribution in [0.1, 0.15) is 17.0 Å². The Bertz CT molecular complexity index is 907. The molecule has 2 aromatic carbocycles. The fourth-order valence-electron chi connectivity index (χ4n) is 2.69. The third-order valence-corrected chi connectivity index (χ3v) is 4.10. The Morgan fingerprint density at radius 2 is 1.81 bits per heavy atom. The molecule has 3 rings (SSSR count). The molecule has 0 atom stereocenters. The van der Waals surface area contributed by atoms with Gasteiger partial charge < -0.3 is 10.1 Å². The van der Waals surface area contributed by atoms with E-state index in [0.29, 0.717) is 6.54 Å². The Balaban J connectivity index is 1.62. The maximum atomic E-state index is 13.5. The molecule has 1 N–H and O–H groups in total. The van der Waals surface area contributed by atoms with Gasteiger partial charge in [-0.25, -0.2) is 9.07 Å². The van der Waals surface area contributed by atoms with Crippen molar-refractivity contribution in [2.75, 3.05) is 6.61 Å². The number of carbonyl (C=O) groups excluding carboxylic acids is 1. The van der Waals surface area contributed by atoms with Crippen molar-refractivity contribution < 1.29 is 13.9 Å². The average molecular weight is 353 g/mol. The zero-order valence-corrected chi connectivity index (χ0v) is 14.7. The number of benzene rings is 2. The van der Waals surface area contributed by atoms with Crippen LogP contribution in [0.25, 0.3) is 5.69 Å². The Morgan fingerprint density at radius 1 is 1.12 bits per heavy atom. The van der Waals surface area contributed by atoms with Crippen LogP contribution in [-0.4, -0.2) is 22.3 Å². The number of nitrogens with one attached hydrogen (secondary N) is 1. The van der Waals surface area contributed by atoms with E-state index in [1.165, 1.54) is 12.1 Å². The molecule has 0 aliphatic rings. The van der Waals surface area contributed by atoms with Crippen molar-refractivity contribution in [1.29, 1.82) is 0 Å². The second kappa shape index (κ2) is 7.82. The zero-order chi connectivity index (χ0) is 18.5. The van der Waals surface area contributed by atoms with Gasteiger partial charge in [-0.1, -0.05) is 30.3 Å². The molecule has 5 nitrogen and oxygen atoms in total. The van der Waals surface area contributed by atoms with Gasteiger partial charge in [-0.2, -0.15) is 5.10 Å². The molecule has 0 fully saturated rings. The second-order valence-electron chi connectivity index (χ2n) is 5.89. The predicted octanol–water partition coefficient (Wildman–Crippen LogP) is 3.32. The standard InChI is InChI=1S/C20H20FN3O2/c1-14-17(15(2)24(23-14)16-8-4-3-5-9-16)12-22-20(25)13-26-19-11-7-6-10-18(19)21/h3-11H,12-13H2,1-2H3,(H,22,25). The van der Waals surface area contributed by atoms with Gasteiger partial charge in [0.1, 0.15) is 0 Å². The van der Waals surface area contributed by atoms with Gasteiger partial charge in [-0.05, 0) is 38.1 Å². The number of para-hydroxylation sites is 2. The number of amides is 1. The van der Waals surface area contributed by atoms with Crippen LogP contribution in [0.4, 0.5) is 4.39 Å². The summed E-state index contributed by atoms with van der Waals surface area (Å²) in [5.74, 6) is -0.748. The van der Waals surface area contributed by atoms with Crippen molar-refractivity contribution in [2.24, 2.45) is 0 Å². The van der Waals surface area contributed by atoms with Gasteiger partial charge in [-0.3, -0.25) is 4.79 Å². The molecule has 6 heteroatoms. The molecule has 0 saturated carbocycles. The Morgan fingerprint density at radius 3 is 2.54 bits per heavy atom. The lowest BCUT2D eigenvalue weighted by Crippen LogP contribution is -2.29. The maximum absolute atomic E-state index is 13.5. The fourth-order valence-corrected chi connectivity index (χ4v) is 2.69. The number of hydrogen-bond donors (Lipinski definition) is 1. The lowest BCUT2D eigenvalue weighted by atomic mass is 10.2. The van der Waals surface area contributed by atoms with Gasteiger partial charge in [0.15, 0.2) is 18.2 Å². The first-order valence-electron chi connectivity index (χ1n) is 8.31. The van der Waals surface area contributed by atoms with E-state index in [2.05, 4.69) is 10.4 Å². The highest BCUT2D eigenvalue weighted by Gasteiger charge is 2.14. The molecular formula is C20H20FN3O2. The summed E-state index contributed by atoms with van der Waals surface area (Å²) < 4.78 is 20.6. The third-order valence-electron chi connectivity index (χ3n) is 4.10. The van der Waals surface area contributed by atoms with E-state index >= 15 is 0 Å². The van der Waals surface area contributed by atoms with E-state index in [-0.39, 0.29) is 18.3 Å². The summed E-state index contributed by atoms with van der Waals surface area (Å²) in [6.07, 6.45) is 0. The molecule has 134 valence electrons. The topological polar surface area (TPSA) is 56.2 Å². The molecule has 0 bridgehead atoms. The SMILES string of the molecule is Cc1nn(-c2ccccc2)c(C)c1CNC(=O)COc1ccccc1F. The van der Waals surface area contributed by atoms with Crippen LogP contribution >= 0.6 is 0 Å². The smallest absolute Gasteiger partial charge is 0.258 e. The molecule has 1 heterocycles. The maximum Gasteiger partial charge on any atom is 0.258 e. The minimum Gasteiger partial charge on any atom is -0.481 e. The van der Waals surface area contributed by atoms with E-state index in [9.17, 15) is 9.18 Å². The first-order valence-corrected chi connectivity index (χ1v) is 8.31. The molecule has 26 heavy (non-hydrogen) atoms. The summed E-state index contributed by atoms with van der Waals surface area (Å²) >= 11 is 0. The summed E-state index contributed by atoms with van der Waals surface area (Å²) in [4.78, 5) is 12.0. The van der Waals surface area contributed by atoms with Crippen molar-refractivity contribution >= 4 is 5.91 Å². The van der Waals surface area contributed by atoms with E-state index in [4.69, 9.17) is 4.74 Å². The summed E-state index contributed by atoms with van der Waals surface area (Å²) in [5.41, 5.74) is 3.73. The number of hydrogen-bond acceptors (Lipinski definition) is 3. The van der Waals surface area contributed by atoms with Gasteiger partial charge >= 0.3 is 0 Å². The molecule has 0 unspecified atom stereocenters. The van der Waals surface area contributed by atoms with Gasteiger partial charge in [0.05, 0.1) is 11.4 Å². The van der Waals surface area contributed by atoms with Crippen LogP contribution in [0.3, 0.4) is 0 Å². The number of nitrogens with zero attached hydrogens (tertiary/aromatic N) is 2. The van der Waals surface area contributed by atoms with E-state index < -0.39 is 5.82 Å². The third kappa shape index (κ3) is 3.91. The molecule has 0 aliphatic carbocycles. The second-order valence-corrected chi connectivity index (χ2v) is 5.89. The molecular weight excluding hydrogens is 333 g/mol. The largest absolute Gasteiger partial charge is 0.481 e. The summed E-state index contributed by atoms with van der Waals surface area (Å²) in [5, 5.41) is 7.34. The molecule has 0 aliphatic heterocycles. The van der Waals surface area contributed by atoms with Crippen LogP contribution in [0.2, 0.25) is 0 Å². The number of aryl methyl sites for hydroxylation is 1. The number of ether oxygens (including phenoxy) is 1. The van der Waals surface area contributed by atoms with Crippen LogP contribution in [0.5, 0.6) is 5.75 Å². The van der Waals surface area contributed by atoms with Crippen molar-refractivity contribution in [3.63, 3.8) is 0 Å². The molecule has 1 aromatic heterocycles. The summed E-state index contributed by atoms with van der Waals surface area (Å²) in [6.45, 7) is 3.96. The van der Waals surface area contributed by atoms with Crippen LogP contribution < -0.4 is 10.1 Å². The van der Waals surface area contributed by atoms with Crippen molar-refractivity contribution in [3.05, 3.63) is 77.4 Å². The Kier molecular flexibility index (Phi) is 5.31. The quantitative estimate of drug-likeness (QED) is 0.740. The van der Waals surface area contributed by atoms with E-state index in [1.54, 1.807) is 12.1 Å². The molecule has 0 radical (unpaired) electrons.